The summed E-state index contributed by atoms with van der Waals surface area (Å²) in [7, 11) is 0. The Hall–Kier alpha value is -2.11. The molecule has 1 saturated carbocycles. The topological polar surface area (TPSA) is 87.7 Å². The zero-order valence-corrected chi connectivity index (χ0v) is 12.6. The van der Waals surface area contributed by atoms with E-state index in [4.69, 9.17) is 10.9 Å². The molecular weight excluding hydrogens is 273 g/mol. The first-order valence-corrected chi connectivity index (χ1v) is 6.71. The first kappa shape index (κ1) is 15.3. The molecule has 2 rings (SSSR count). The second-order valence-electron chi connectivity index (χ2n) is 6.55. The van der Waals surface area contributed by atoms with Gasteiger partial charge < -0.3 is 16.3 Å². The van der Waals surface area contributed by atoms with Crippen molar-refractivity contribution in [2.45, 2.75) is 27.7 Å². The molecule has 0 radical (unpaired) electrons. The average molecular weight is 293 g/mol. The van der Waals surface area contributed by atoms with E-state index in [9.17, 15) is 9.18 Å². The molecule has 1 aliphatic carbocycles. The van der Waals surface area contributed by atoms with Crippen LogP contribution < -0.4 is 11.1 Å². The third-order valence-corrected chi connectivity index (χ3v) is 4.90. The molecule has 1 amide bonds. The summed E-state index contributed by atoms with van der Waals surface area (Å²) >= 11 is 0. The molecule has 1 aliphatic rings. The smallest absolute Gasteiger partial charge is 0.228 e. The molecule has 21 heavy (non-hydrogen) atoms. The number of anilines is 1. The van der Waals surface area contributed by atoms with E-state index in [1.165, 1.54) is 18.2 Å². The van der Waals surface area contributed by atoms with E-state index in [1.807, 2.05) is 27.7 Å². The predicted octanol–water partition coefficient (Wildman–Crippen LogP) is 2.54. The number of rotatable bonds is 3. The van der Waals surface area contributed by atoms with Crippen molar-refractivity contribution < 1.29 is 14.4 Å². The van der Waals surface area contributed by atoms with Crippen LogP contribution in [0.2, 0.25) is 0 Å². The summed E-state index contributed by atoms with van der Waals surface area (Å²) < 4.78 is 13.6. The van der Waals surface area contributed by atoms with Crippen LogP contribution in [0.1, 0.15) is 33.3 Å². The Morgan fingerprint density at radius 1 is 1.33 bits per heavy atom. The van der Waals surface area contributed by atoms with E-state index in [0.717, 1.165) is 0 Å². The van der Waals surface area contributed by atoms with Crippen LogP contribution in [0.5, 0.6) is 0 Å². The maximum absolute atomic E-state index is 13.6. The van der Waals surface area contributed by atoms with E-state index in [-0.39, 0.29) is 34.1 Å². The molecule has 0 bridgehead atoms. The van der Waals surface area contributed by atoms with Crippen molar-refractivity contribution in [1.29, 1.82) is 0 Å². The maximum atomic E-state index is 13.6. The van der Waals surface area contributed by atoms with Crippen molar-refractivity contribution >= 4 is 17.4 Å². The van der Waals surface area contributed by atoms with Crippen LogP contribution in [0.25, 0.3) is 0 Å². The highest BCUT2D eigenvalue weighted by atomic mass is 19.1. The summed E-state index contributed by atoms with van der Waals surface area (Å²) in [5, 5.41) is 14.2. The quantitative estimate of drug-likeness (QED) is 0.346. The summed E-state index contributed by atoms with van der Waals surface area (Å²) in [6, 6.07) is 3.97. The number of halogens is 1. The Morgan fingerprint density at radius 3 is 2.38 bits per heavy atom. The van der Waals surface area contributed by atoms with Crippen LogP contribution in [0.4, 0.5) is 10.1 Å². The van der Waals surface area contributed by atoms with Crippen LogP contribution in [0.15, 0.2) is 23.4 Å². The SMILES string of the molecule is CC1(C)C(C(=O)Nc2ccc(F)c(C(N)=NO)c2)C1(C)C. The van der Waals surface area contributed by atoms with Crippen LogP contribution in [-0.4, -0.2) is 17.0 Å². The normalized spacial score (nSPS) is 20.1. The first-order valence-electron chi connectivity index (χ1n) is 6.71. The third-order valence-electron chi connectivity index (χ3n) is 4.90. The molecule has 1 aromatic rings. The van der Waals surface area contributed by atoms with E-state index < -0.39 is 5.82 Å². The van der Waals surface area contributed by atoms with Gasteiger partial charge in [-0.3, -0.25) is 4.79 Å². The lowest BCUT2D eigenvalue weighted by Crippen LogP contribution is -2.19. The Kier molecular flexibility index (Phi) is 3.43. The van der Waals surface area contributed by atoms with Gasteiger partial charge in [0.05, 0.1) is 5.56 Å². The second-order valence-corrected chi connectivity index (χ2v) is 6.55. The Bertz CT molecular complexity index is 609. The molecule has 0 atom stereocenters. The van der Waals surface area contributed by atoms with Crippen LogP contribution in [-0.2, 0) is 4.79 Å². The number of nitrogens with one attached hydrogen (secondary N) is 1. The molecule has 6 heteroatoms. The van der Waals surface area contributed by atoms with E-state index in [0.29, 0.717) is 5.69 Å². The van der Waals surface area contributed by atoms with Gasteiger partial charge in [-0.1, -0.05) is 32.9 Å². The van der Waals surface area contributed by atoms with Gasteiger partial charge in [0.2, 0.25) is 5.91 Å². The van der Waals surface area contributed by atoms with Gasteiger partial charge in [0.25, 0.3) is 0 Å². The molecule has 0 saturated heterocycles. The average Bonchev–Trinajstić information content (AvgIpc) is 2.81. The Balaban J connectivity index is 2.20. The molecule has 1 aromatic carbocycles. The van der Waals surface area contributed by atoms with Crippen LogP contribution >= 0.6 is 0 Å². The fourth-order valence-corrected chi connectivity index (χ4v) is 2.92. The number of hydrogen-bond acceptors (Lipinski definition) is 3. The monoisotopic (exact) mass is 293 g/mol. The van der Waals surface area contributed by atoms with Gasteiger partial charge in [-0.15, -0.1) is 0 Å². The van der Waals surface area contributed by atoms with Gasteiger partial charge in [-0.05, 0) is 29.0 Å². The van der Waals surface area contributed by atoms with Crippen LogP contribution in [0.3, 0.4) is 0 Å². The van der Waals surface area contributed by atoms with Gasteiger partial charge in [0.15, 0.2) is 5.84 Å². The number of benzene rings is 1. The predicted molar refractivity (Wildman–Crippen MR) is 78.6 cm³/mol. The van der Waals surface area contributed by atoms with E-state index in [2.05, 4.69) is 10.5 Å². The summed E-state index contributed by atoms with van der Waals surface area (Å²) in [5.41, 5.74) is 5.61. The first-order chi connectivity index (χ1) is 9.62. The van der Waals surface area contributed by atoms with Gasteiger partial charge in [-0.2, -0.15) is 0 Å². The van der Waals surface area contributed by atoms with E-state index in [1.54, 1.807) is 0 Å². The third kappa shape index (κ3) is 2.34. The fraction of sp³-hybridized carbons (Fsp3) is 0.467. The minimum Gasteiger partial charge on any atom is -0.409 e. The number of amides is 1. The van der Waals surface area contributed by atoms with Crippen molar-refractivity contribution in [3.05, 3.63) is 29.6 Å². The van der Waals surface area contributed by atoms with Gasteiger partial charge >= 0.3 is 0 Å². The highest BCUT2D eigenvalue weighted by Crippen LogP contribution is 2.68. The lowest BCUT2D eigenvalue weighted by atomic mass is 10.0. The molecule has 5 nitrogen and oxygen atoms in total. The number of nitrogens with zero attached hydrogens (tertiary/aromatic N) is 1. The summed E-state index contributed by atoms with van der Waals surface area (Å²) in [5.74, 6) is -1.17. The molecule has 0 aliphatic heterocycles. The van der Waals surface area contributed by atoms with E-state index >= 15 is 0 Å². The Morgan fingerprint density at radius 2 is 1.90 bits per heavy atom. The zero-order chi connectivity index (χ0) is 16.0. The standard InChI is InChI=1S/C15H20FN3O2/c1-14(2)11(15(14,3)4)13(20)18-8-5-6-10(16)9(7-8)12(17)19-21/h5-7,11,21H,1-4H3,(H2,17,19)(H,18,20). The van der Waals surface area contributed by atoms with Crippen molar-refractivity contribution in [3.8, 4) is 0 Å². The molecule has 0 spiro atoms. The minimum absolute atomic E-state index is 0.0513. The van der Waals surface area contributed by atoms with Crippen molar-refractivity contribution in [2.24, 2.45) is 27.6 Å². The molecule has 114 valence electrons. The van der Waals surface area contributed by atoms with Crippen molar-refractivity contribution in [3.63, 3.8) is 0 Å². The van der Waals surface area contributed by atoms with Gasteiger partial charge in [0, 0.05) is 11.6 Å². The summed E-state index contributed by atoms with van der Waals surface area (Å²) in [4.78, 5) is 12.3. The number of carbonyl (C=O) groups is 1. The molecular formula is C15H20FN3O2. The van der Waals surface area contributed by atoms with Gasteiger partial charge in [-0.25, -0.2) is 4.39 Å². The number of amidine groups is 1. The molecule has 1 fully saturated rings. The maximum Gasteiger partial charge on any atom is 0.228 e. The minimum atomic E-state index is -0.615. The van der Waals surface area contributed by atoms with Crippen molar-refractivity contribution in [1.82, 2.24) is 0 Å². The Labute approximate surface area is 123 Å². The molecule has 4 N–H and O–H groups in total. The molecule has 0 heterocycles. The number of nitrogens with two attached hydrogens (primary N) is 1. The molecule has 0 unspecified atom stereocenters. The lowest BCUT2D eigenvalue weighted by molar-refractivity contribution is -0.118. The van der Waals surface area contributed by atoms with Gasteiger partial charge in [0.1, 0.15) is 5.82 Å². The molecule has 0 aromatic heterocycles. The summed E-state index contributed by atoms with van der Waals surface area (Å²) in [6.45, 7) is 8.18. The number of carbonyl (C=O) groups excluding carboxylic acids is 1. The second kappa shape index (κ2) is 4.72. The lowest BCUT2D eigenvalue weighted by Gasteiger charge is -2.09. The largest absolute Gasteiger partial charge is 0.409 e. The van der Waals surface area contributed by atoms with Crippen molar-refractivity contribution in [2.75, 3.05) is 5.32 Å². The summed E-state index contributed by atoms with van der Waals surface area (Å²) in [6.07, 6.45) is 0. The number of oxime groups is 1. The van der Waals surface area contributed by atoms with Crippen LogP contribution in [0, 0.1) is 22.6 Å². The highest BCUT2D eigenvalue weighted by Gasteiger charge is 2.68. The fourth-order valence-electron chi connectivity index (χ4n) is 2.92. The number of hydrogen-bond donors (Lipinski definition) is 3. The zero-order valence-electron chi connectivity index (χ0n) is 12.6. The highest BCUT2D eigenvalue weighted by molar-refractivity contribution is 6.00.